The third kappa shape index (κ3) is 3.90. The molecule has 2 amide bonds. The van der Waals surface area contributed by atoms with Crippen LogP contribution < -0.4 is 5.73 Å². The Morgan fingerprint density at radius 3 is 2.06 bits per heavy atom. The highest BCUT2D eigenvalue weighted by molar-refractivity contribution is 6.06. The average Bonchev–Trinajstić information content (AvgIpc) is 2.30. The molecule has 1 aromatic carbocycles. The van der Waals surface area contributed by atoms with Gasteiger partial charge >= 0.3 is 0 Å². The van der Waals surface area contributed by atoms with E-state index >= 15 is 0 Å². The fourth-order valence-corrected chi connectivity index (χ4v) is 1.29. The number of carbonyl (C=O) groups excluding carboxylic acids is 2. The van der Waals surface area contributed by atoms with Gasteiger partial charge in [-0.3, -0.25) is 9.59 Å². The summed E-state index contributed by atoms with van der Waals surface area (Å²) in [5.41, 5.74) is 6.73. The molecular weight excluding hydrogens is 216 g/mol. The van der Waals surface area contributed by atoms with Gasteiger partial charge in [0, 0.05) is 14.1 Å². The zero-order valence-electron chi connectivity index (χ0n) is 11.1. The van der Waals surface area contributed by atoms with E-state index in [1.54, 1.807) is 32.3 Å². The summed E-state index contributed by atoms with van der Waals surface area (Å²) in [5, 5.41) is 0. The molecule has 0 unspecified atom stereocenters. The van der Waals surface area contributed by atoms with Gasteiger partial charge in [0.05, 0.1) is 11.1 Å². The van der Waals surface area contributed by atoms with Crippen molar-refractivity contribution in [3.63, 3.8) is 0 Å². The Morgan fingerprint density at radius 1 is 1.12 bits per heavy atom. The van der Waals surface area contributed by atoms with Crippen LogP contribution in [0.5, 0.6) is 0 Å². The molecule has 0 saturated heterocycles. The van der Waals surface area contributed by atoms with Crippen LogP contribution in [0.3, 0.4) is 0 Å². The van der Waals surface area contributed by atoms with Gasteiger partial charge < -0.3 is 10.6 Å². The molecule has 0 atom stereocenters. The van der Waals surface area contributed by atoms with Crippen LogP contribution in [0, 0.1) is 6.92 Å². The van der Waals surface area contributed by atoms with Gasteiger partial charge in [-0.15, -0.1) is 0 Å². The van der Waals surface area contributed by atoms with Gasteiger partial charge in [0.25, 0.3) is 5.91 Å². The molecule has 0 spiro atoms. The first-order chi connectivity index (χ1) is 7.93. The highest BCUT2D eigenvalue weighted by Gasteiger charge is 2.16. The number of nitrogens with zero attached hydrogens (tertiary/aromatic N) is 1. The number of benzene rings is 1. The summed E-state index contributed by atoms with van der Waals surface area (Å²) < 4.78 is 0. The standard InChI is InChI=1S/C11H14N2O2.C2H6/c1-7-4-5-8(11(15)13(2)3)9(6-7)10(12)14;1-2/h4-6H,1-3H3,(H2,12,14);1-2H3. The Kier molecular flexibility index (Phi) is 5.96. The number of hydrogen-bond acceptors (Lipinski definition) is 2. The van der Waals surface area contributed by atoms with Crippen LogP contribution in [0.2, 0.25) is 0 Å². The van der Waals surface area contributed by atoms with Crippen molar-refractivity contribution in [1.29, 1.82) is 0 Å². The summed E-state index contributed by atoms with van der Waals surface area (Å²) in [4.78, 5) is 24.3. The molecule has 2 N–H and O–H groups in total. The van der Waals surface area contributed by atoms with Crippen LogP contribution in [0.4, 0.5) is 0 Å². The predicted octanol–water partition coefficient (Wildman–Crippen LogP) is 1.82. The Balaban J connectivity index is 0.00000121. The minimum atomic E-state index is -0.580. The molecule has 0 radical (unpaired) electrons. The van der Waals surface area contributed by atoms with Crippen molar-refractivity contribution in [2.45, 2.75) is 20.8 Å². The van der Waals surface area contributed by atoms with E-state index in [0.29, 0.717) is 5.56 Å². The fraction of sp³-hybridized carbons (Fsp3) is 0.385. The summed E-state index contributed by atoms with van der Waals surface area (Å²) in [6, 6.07) is 5.03. The number of hydrogen-bond donors (Lipinski definition) is 1. The van der Waals surface area contributed by atoms with Crippen molar-refractivity contribution in [3.8, 4) is 0 Å². The molecule has 1 aromatic rings. The Hall–Kier alpha value is -1.84. The quantitative estimate of drug-likeness (QED) is 0.851. The van der Waals surface area contributed by atoms with Crippen molar-refractivity contribution in [2.24, 2.45) is 5.73 Å². The first kappa shape index (κ1) is 15.2. The SMILES string of the molecule is CC.Cc1ccc(C(=O)N(C)C)c(C(N)=O)c1. The smallest absolute Gasteiger partial charge is 0.254 e. The Bertz CT molecular complexity index is 412. The van der Waals surface area contributed by atoms with E-state index in [2.05, 4.69) is 0 Å². The third-order valence-corrected chi connectivity index (χ3v) is 2.08. The first-order valence-electron chi connectivity index (χ1n) is 5.55. The molecule has 4 heteroatoms. The Morgan fingerprint density at radius 2 is 1.65 bits per heavy atom. The molecular formula is C13H20N2O2. The molecule has 94 valence electrons. The van der Waals surface area contributed by atoms with E-state index in [0.717, 1.165) is 5.56 Å². The lowest BCUT2D eigenvalue weighted by molar-refractivity contribution is 0.0821. The van der Waals surface area contributed by atoms with Crippen molar-refractivity contribution in [2.75, 3.05) is 14.1 Å². The summed E-state index contributed by atoms with van der Waals surface area (Å²) in [6.45, 7) is 5.84. The number of amides is 2. The lowest BCUT2D eigenvalue weighted by atomic mass is 10.0. The zero-order valence-corrected chi connectivity index (χ0v) is 11.1. The second kappa shape index (κ2) is 6.68. The van der Waals surface area contributed by atoms with E-state index in [1.807, 2.05) is 20.8 Å². The van der Waals surface area contributed by atoms with E-state index in [1.165, 1.54) is 4.90 Å². The zero-order chi connectivity index (χ0) is 13.6. The molecule has 0 aliphatic carbocycles. The normalized spacial score (nSPS) is 9.00. The van der Waals surface area contributed by atoms with Crippen LogP contribution in [0.15, 0.2) is 18.2 Å². The van der Waals surface area contributed by atoms with Crippen LogP contribution in [0.1, 0.15) is 40.1 Å². The van der Waals surface area contributed by atoms with Crippen LogP contribution in [-0.4, -0.2) is 30.8 Å². The highest BCUT2D eigenvalue weighted by atomic mass is 16.2. The van der Waals surface area contributed by atoms with Crippen LogP contribution in [0.25, 0.3) is 0 Å². The topological polar surface area (TPSA) is 63.4 Å². The molecule has 4 nitrogen and oxygen atoms in total. The van der Waals surface area contributed by atoms with Gasteiger partial charge in [-0.25, -0.2) is 0 Å². The van der Waals surface area contributed by atoms with E-state index < -0.39 is 5.91 Å². The van der Waals surface area contributed by atoms with Crippen molar-refractivity contribution in [3.05, 3.63) is 34.9 Å². The van der Waals surface area contributed by atoms with E-state index in [4.69, 9.17) is 5.73 Å². The maximum absolute atomic E-state index is 11.7. The van der Waals surface area contributed by atoms with Gasteiger partial charge in [-0.2, -0.15) is 0 Å². The lowest BCUT2D eigenvalue weighted by Crippen LogP contribution is -2.25. The molecule has 1 rings (SSSR count). The summed E-state index contributed by atoms with van der Waals surface area (Å²) in [7, 11) is 3.26. The molecule has 0 fully saturated rings. The van der Waals surface area contributed by atoms with Crippen molar-refractivity contribution in [1.82, 2.24) is 4.90 Å². The van der Waals surface area contributed by atoms with Crippen LogP contribution >= 0.6 is 0 Å². The summed E-state index contributed by atoms with van der Waals surface area (Å²) >= 11 is 0. The maximum atomic E-state index is 11.7. The lowest BCUT2D eigenvalue weighted by Gasteiger charge is -2.12. The maximum Gasteiger partial charge on any atom is 0.254 e. The van der Waals surface area contributed by atoms with Gasteiger partial charge in [0.1, 0.15) is 0 Å². The third-order valence-electron chi connectivity index (χ3n) is 2.08. The van der Waals surface area contributed by atoms with Gasteiger partial charge in [0.2, 0.25) is 5.91 Å². The molecule has 0 bridgehead atoms. The highest BCUT2D eigenvalue weighted by Crippen LogP contribution is 2.12. The number of nitrogens with two attached hydrogens (primary N) is 1. The van der Waals surface area contributed by atoms with Gasteiger partial charge in [-0.05, 0) is 19.1 Å². The second-order valence-electron chi connectivity index (χ2n) is 3.61. The van der Waals surface area contributed by atoms with Crippen molar-refractivity contribution < 1.29 is 9.59 Å². The number of primary amides is 1. The van der Waals surface area contributed by atoms with Gasteiger partial charge in [-0.1, -0.05) is 25.5 Å². The van der Waals surface area contributed by atoms with Gasteiger partial charge in [0.15, 0.2) is 0 Å². The molecule has 0 heterocycles. The summed E-state index contributed by atoms with van der Waals surface area (Å²) in [5.74, 6) is -0.798. The molecule has 0 aliphatic heterocycles. The number of aryl methyl sites for hydroxylation is 1. The minimum Gasteiger partial charge on any atom is -0.366 e. The van der Waals surface area contributed by atoms with Crippen molar-refractivity contribution >= 4 is 11.8 Å². The number of rotatable bonds is 2. The Labute approximate surface area is 102 Å². The van der Waals surface area contributed by atoms with E-state index in [-0.39, 0.29) is 11.5 Å². The largest absolute Gasteiger partial charge is 0.366 e. The van der Waals surface area contributed by atoms with E-state index in [9.17, 15) is 9.59 Å². The fourth-order valence-electron chi connectivity index (χ4n) is 1.29. The number of carbonyl (C=O) groups is 2. The monoisotopic (exact) mass is 236 g/mol. The minimum absolute atomic E-state index is 0.219. The molecule has 17 heavy (non-hydrogen) atoms. The van der Waals surface area contributed by atoms with Crippen LogP contribution in [-0.2, 0) is 0 Å². The predicted molar refractivity (Wildman–Crippen MR) is 69.1 cm³/mol. The second-order valence-corrected chi connectivity index (χ2v) is 3.61. The molecule has 0 aromatic heterocycles. The first-order valence-corrected chi connectivity index (χ1v) is 5.55. The average molecular weight is 236 g/mol. The summed E-state index contributed by atoms with van der Waals surface area (Å²) in [6.07, 6.45) is 0. The molecule has 0 saturated carbocycles. The molecule has 0 aliphatic rings.